The minimum atomic E-state index is -1.36. The third-order valence-electron chi connectivity index (χ3n) is 8.05. The normalized spacial score (nSPS) is 14.0. The van der Waals surface area contributed by atoms with Gasteiger partial charge in [0.15, 0.2) is 0 Å². The number of benzene rings is 6. The van der Waals surface area contributed by atoms with E-state index in [2.05, 4.69) is 97.1 Å². The molecule has 6 aromatic carbocycles. The van der Waals surface area contributed by atoms with Gasteiger partial charge in [0.25, 0.3) is 0 Å². The number of halogens is 2. The van der Waals surface area contributed by atoms with Gasteiger partial charge in [0.2, 0.25) is 0 Å². The number of allylic oxidation sites excluding steroid dienone is 1. The van der Waals surface area contributed by atoms with Gasteiger partial charge in [-0.25, -0.2) is 0 Å². The van der Waals surface area contributed by atoms with Gasteiger partial charge in [-0.1, -0.05) is 152 Å². The Morgan fingerprint density at radius 3 is 1.71 bits per heavy atom. The molecule has 1 aliphatic carbocycles. The molecule has 1 aliphatic rings. The maximum atomic E-state index is 13.1. The van der Waals surface area contributed by atoms with E-state index in [0.29, 0.717) is 0 Å². The standard InChI is InChI=1S/C38H28O.2ClH.Ti/c39-38(30-18-6-2-7-19-30,31-20-8-3-9-21-31)37-33-23-13-10-16-28(33)24-25-34(37)36-32-22-12-11-17-29(32)26-35(36)27-14-4-1-5-15-27;;;/h1-26,36,39H;2*1H;/q;;;+2/p-2. The molecule has 0 bridgehead atoms. The molecule has 1 N–H and O–H groups in total. The Kier molecular flexibility index (Phi) is 8.77. The summed E-state index contributed by atoms with van der Waals surface area (Å²) in [6.45, 7) is 0. The SMILES string of the molecule is OC(c1ccccc1)(c1ccccc1)c1c(C2C(c3ccccc3)=Cc3ccccc32)ccc2ccccc12.[Cl][Ti][Cl]. The van der Waals surface area contributed by atoms with Gasteiger partial charge in [0, 0.05) is 11.5 Å². The van der Waals surface area contributed by atoms with Crippen LogP contribution in [0.1, 0.15) is 44.9 Å². The molecule has 0 fully saturated rings. The van der Waals surface area contributed by atoms with Gasteiger partial charge in [-0.2, -0.15) is 0 Å². The van der Waals surface area contributed by atoms with Crippen molar-refractivity contribution in [2.24, 2.45) is 0 Å². The molecule has 42 heavy (non-hydrogen) atoms. The molecule has 0 spiro atoms. The van der Waals surface area contributed by atoms with E-state index in [0.717, 1.165) is 33.0 Å². The molecule has 4 heteroatoms. The van der Waals surface area contributed by atoms with Gasteiger partial charge < -0.3 is 5.11 Å². The fraction of sp³-hybridized carbons (Fsp3) is 0.0526. The van der Waals surface area contributed by atoms with Crippen LogP contribution in [0.2, 0.25) is 0 Å². The van der Waals surface area contributed by atoms with Crippen molar-refractivity contribution in [1.82, 2.24) is 0 Å². The Hall–Kier alpha value is -3.43. The van der Waals surface area contributed by atoms with Gasteiger partial charge in [-0.3, -0.25) is 0 Å². The third kappa shape index (κ3) is 5.29. The number of hydrogen-bond donors (Lipinski definition) is 1. The van der Waals surface area contributed by atoms with Crippen LogP contribution in [0.4, 0.5) is 0 Å². The summed E-state index contributed by atoms with van der Waals surface area (Å²) in [6.07, 6.45) is 2.32. The Balaban J connectivity index is 0.00000101. The predicted octanol–water partition coefficient (Wildman–Crippen LogP) is 10.2. The Labute approximate surface area is 263 Å². The molecule has 1 nitrogen and oxygen atoms in total. The van der Waals surface area contributed by atoms with Crippen LogP contribution in [0.5, 0.6) is 0 Å². The van der Waals surface area contributed by atoms with Crippen molar-refractivity contribution in [2.75, 3.05) is 0 Å². The molecule has 0 amide bonds. The van der Waals surface area contributed by atoms with Crippen LogP contribution in [0, 0.1) is 0 Å². The first kappa shape index (κ1) is 28.7. The van der Waals surface area contributed by atoms with E-state index in [-0.39, 0.29) is 5.92 Å². The van der Waals surface area contributed by atoms with Gasteiger partial charge >= 0.3 is 35.6 Å². The summed E-state index contributed by atoms with van der Waals surface area (Å²) in [4.78, 5) is 0. The van der Waals surface area contributed by atoms with E-state index in [9.17, 15) is 5.11 Å². The summed E-state index contributed by atoms with van der Waals surface area (Å²) < 4.78 is 0. The van der Waals surface area contributed by atoms with E-state index in [4.69, 9.17) is 18.6 Å². The second kappa shape index (κ2) is 12.8. The molecule has 1 unspecified atom stereocenters. The zero-order valence-corrected chi connectivity index (χ0v) is 25.9. The van der Waals surface area contributed by atoms with E-state index in [1.165, 1.54) is 22.3 Å². The summed E-state index contributed by atoms with van der Waals surface area (Å²) in [6, 6.07) is 52.3. The maximum absolute atomic E-state index is 13.1. The van der Waals surface area contributed by atoms with Gasteiger partial charge in [-0.05, 0) is 55.8 Å². The summed E-state index contributed by atoms with van der Waals surface area (Å²) >= 11 is -0.556. The van der Waals surface area contributed by atoms with Crippen molar-refractivity contribution < 1.29 is 22.1 Å². The van der Waals surface area contributed by atoms with E-state index < -0.39 is 22.6 Å². The molecular formula is C38H28Cl2OTi. The molecule has 204 valence electrons. The van der Waals surface area contributed by atoms with Crippen molar-refractivity contribution in [3.8, 4) is 0 Å². The molecule has 6 aromatic rings. The van der Waals surface area contributed by atoms with Crippen LogP contribution in [0.3, 0.4) is 0 Å². The van der Waals surface area contributed by atoms with E-state index in [1.54, 1.807) is 0 Å². The fourth-order valence-corrected chi connectivity index (χ4v) is 6.29. The fourth-order valence-electron chi connectivity index (χ4n) is 6.29. The van der Waals surface area contributed by atoms with E-state index in [1.807, 2.05) is 60.7 Å². The number of fused-ring (bicyclic) bond motifs is 2. The first-order chi connectivity index (χ1) is 20.7. The molecule has 0 heterocycles. The van der Waals surface area contributed by atoms with Crippen molar-refractivity contribution in [3.05, 3.63) is 191 Å². The van der Waals surface area contributed by atoms with Crippen LogP contribution in [-0.2, 0) is 22.6 Å². The van der Waals surface area contributed by atoms with Crippen molar-refractivity contribution >= 4 is 41.0 Å². The molecular weight excluding hydrogens is 591 g/mol. The average Bonchev–Trinajstić information content (AvgIpc) is 3.45. The van der Waals surface area contributed by atoms with Crippen LogP contribution in [0.25, 0.3) is 22.4 Å². The summed E-state index contributed by atoms with van der Waals surface area (Å²) in [7, 11) is 9.78. The molecule has 0 aliphatic heterocycles. The number of aliphatic hydroxyl groups is 1. The monoisotopic (exact) mass is 618 g/mol. The predicted molar refractivity (Wildman–Crippen MR) is 173 cm³/mol. The summed E-state index contributed by atoms with van der Waals surface area (Å²) in [5.41, 5.74) is 7.32. The Morgan fingerprint density at radius 1 is 0.548 bits per heavy atom. The summed E-state index contributed by atoms with van der Waals surface area (Å²) in [5.74, 6) is -0.0258. The van der Waals surface area contributed by atoms with Crippen molar-refractivity contribution in [3.63, 3.8) is 0 Å². The van der Waals surface area contributed by atoms with E-state index >= 15 is 0 Å². The average molecular weight is 619 g/mol. The molecule has 7 rings (SSSR count). The second-order valence-corrected chi connectivity index (χ2v) is 12.9. The van der Waals surface area contributed by atoms with Crippen molar-refractivity contribution in [1.29, 1.82) is 0 Å². The minimum absolute atomic E-state index is 0.0258. The molecule has 1 atom stereocenters. The molecule has 0 aromatic heterocycles. The van der Waals surface area contributed by atoms with Crippen LogP contribution < -0.4 is 0 Å². The quantitative estimate of drug-likeness (QED) is 0.150. The number of rotatable bonds is 5. The van der Waals surface area contributed by atoms with Crippen molar-refractivity contribution in [2.45, 2.75) is 11.5 Å². The van der Waals surface area contributed by atoms with Gasteiger partial charge in [0.1, 0.15) is 5.60 Å². The van der Waals surface area contributed by atoms with Crippen LogP contribution >= 0.6 is 18.6 Å². The molecule has 0 radical (unpaired) electrons. The number of hydrogen-bond acceptors (Lipinski definition) is 1. The molecule has 0 saturated heterocycles. The first-order valence-corrected chi connectivity index (χ1v) is 18.1. The zero-order valence-electron chi connectivity index (χ0n) is 22.8. The Bertz CT molecular complexity index is 1800. The van der Waals surface area contributed by atoms with Crippen LogP contribution in [0.15, 0.2) is 152 Å². The second-order valence-electron chi connectivity index (χ2n) is 10.3. The third-order valence-corrected chi connectivity index (χ3v) is 8.05. The Morgan fingerprint density at radius 2 is 1.07 bits per heavy atom. The first-order valence-electron chi connectivity index (χ1n) is 13.8. The molecule has 0 saturated carbocycles. The van der Waals surface area contributed by atoms with Gasteiger partial charge in [-0.15, -0.1) is 0 Å². The topological polar surface area (TPSA) is 20.2 Å². The summed E-state index contributed by atoms with van der Waals surface area (Å²) in [5, 5.41) is 15.3. The zero-order chi connectivity index (χ0) is 28.9. The van der Waals surface area contributed by atoms with Crippen LogP contribution in [-0.4, -0.2) is 5.11 Å². The van der Waals surface area contributed by atoms with Gasteiger partial charge in [0.05, 0.1) is 0 Å².